The molecule has 478 valence electrons. The lowest BCUT2D eigenvalue weighted by molar-refractivity contribution is -0.302. The molecule has 1 fully saturated rings. The van der Waals surface area contributed by atoms with Crippen molar-refractivity contribution in [2.24, 2.45) is 0 Å². The third-order valence-corrected chi connectivity index (χ3v) is 17.2. The van der Waals surface area contributed by atoms with Crippen molar-refractivity contribution in [2.45, 2.75) is 403 Å². The van der Waals surface area contributed by atoms with Crippen LogP contribution in [0.5, 0.6) is 0 Å². The number of unbranched alkanes of at least 4 members (excludes halogenated alkanes) is 49. The van der Waals surface area contributed by atoms with E-state index in [0.29, 0.717) is 6.42 Å². The second-order valence-electron chi connectivity index (χ2n) is 25.0. The zero-order valence-electron chi connectivity index (χ0n) is 53.6. The van der Waals surface area contributed by atoms with E-state index in [-0.39, 0.29) is 12.5 Å². The molecule has 9 nitrogen and oxygen atoms in total. The van der Waals surface area contributed by atoms with Crippen LogP contribution in [0.15, 0.2) is 36.5 Å². The van der Waals surface area contributed by atoms with Crippen LogP contribution in [0.2, 0.25) is 0 Å². The highest BCUT2D eigenvalue weighted by atomic mass is 16.7. The second-order valence-corrected chi connectivity index (χ2v) is 25.0. The fraction of sp³-hybridized carbons (Fsp3) is 0.903. The van der Waals surface area contributed by atoms with Gasteiger partial charge in [0.15, 0.2) is 6.29 Å². The maximum atomic E-state index is 13.1. The van der Waals surface area contributed by atoms with Crippen molar-refractivity contribution in [3.05, 3.63) is 36.5 Å². The van der Waals surface area contributed by atoms with Crippen LogP contribution in [0.4, 0.5) is 0 Å². The molecular weight excluding hydrogens is 1010 g/mol. The maximum absolute atomic E-state index is 13.1. The first-order valence-electron chi connectivity index (χ1n) is 35.7. The number of nitrogens with one attached hydrogen (secondary N) is 1. The third kappa shape index (κ3) is 50.3. The maximum Gasteiger partial charge on any atom is 0.220 e. The molecule has 1 aliphatic heterocycles. The summed E-state index contributed by atoms with van der Waals surface area (Å²) < 4.78 is 11.3. The van der Waals surface area contributed by atoms with Gasteiger partial charge in [0, 0.05) is 6.42 Å². The van der Waals surface area contributed by atoms with Gasteiger partial charge in [-0.15, -0.1) is 0 Å². The minimum absolute atomic E-state index is 0.171. The van der Waals surface area contributed by atoms with Crippen LogP contribution in [0, 0.1) is 0 Å². The summed E-state index contributed by atoms with van der Waals surface area (Å²) in [6, 6.07) is -0.805. The number of hydrogen-bond donors (Lipinski definition) is 6. The molecule has 0 aliphatic carbocycles. The van der Waals surface area contributed by atoms with Crippen molar-refractivity contribution in [1.82, 2.24) is 5.32 Å². The van der Waals surface area contributed by atoms with Gasteiger partial charge >= 0.3 is 0 Å². The highest BCUT2D eigenvalue weighted by Crippen LogP contribution is 2.23. The topological polar surface area (TPSA) is 149 Å². The Labute approximate surface area is 501 Å². The third-order valence-electron chi connectivity index (χ3n) is 17.2. The van der Waals surface area contributed by atoms with Crippen molar-refractivity contribution in [1.29, 1.82) is 0 Å². The number of hydrogen-bond acceptors (Lipinski definition) is 8. The van der Waals surface area contributed by atoms with E-state index in [4.69, 9.17) is 9.47 Å². The minimum Gasteiger partial charge on any atom is -0.394 e. The molecule has 9 heteroatoms. The SMILES string of the molecule is CCCCCCCCCCCCCCC/C=C\C/C=C\CCCCCCCCCCCCCCCCCCCC(=O)NC(COC1OC(CO)C(O)C(O)C1O)C(O)/C=C/CCCCCCCCCCCCCCCCCCCCC. The molecule has 1 aliphatic rings. The number of aliphatic hydroxyl groups is 5. The van der Waals surface area contributed by atoms with Crippen LogP contribution in [-0.4, -0.2) is 87.5 Å². The summed E-state index contributed by atoms with van der Waals surface area (Å²) >= 11 is 0. The summed E-state index contributed by atoms with van der Waals surface area (Å²) in [5.74, 6) is -0.171. The van der Waals surface area contributed by atoms with Crippen LogP contribution in [0.25, 0.3) is 0 Å². The number of allylic oxidation sites excluding steroid dienone is 5. The van der Waals surface area contributed by atoms with Gasteiger partial charge in [-0.3, -0.25) is 4.79 Å². The van der Waals surface area contributed by atoms with Crippen molar-refractivity contribution >= 4 is 5.91 Å². The predicted molar refractivity (Wildman–Crippen MR) is 346 cm³/mol. The molecule has 7 unspecified atom stereocenters. The standard InChI is InChI=1S/C72H137NO8/c1-3-5-7-9-11-13-15-17-19-21-23-25-26-27-28-29-30-31-32-33-34-35-36-37-38-39-40-42-44-46-48-50-52-54-56-58-60-62-68(76)73-65(64-80-72-71(79)70(78)69(77)67(63-74)81-72)66(75)61-59-57-55-53-51-49-47-45-43-41-24-22-20-18-16-14-12-10-8-6-4-2/h28-29,31-32,59,61,65-67,69-72,74-75,77-79H,3-27,30,33-58,60,62-64H2,1-2H3,(H,73,76)/b29-28-,32-31-,61-59+. The molecule has 0 bridgehead atoms. The molecule has 0 spiro atoms. The Hall–Kier alpha value is -1.59. The fourth-order valence-electron chi connectivity index (χ4n) is 11.6. The average molecular weight is 1140 g/mol. The largest absolute Gasteiger partial charge is 0.394 e. The van der Waals surface area contributed by atoms with Gasteiger partial charge in [-0.05, 0) is 51.4 Å². The smallest absolute Gasteiger partial charge is 0.220 e. The Kier molecular flexibility index (Phi) is 58.8. The predicted octanol–water partition coefficient (Wildman–Crippen LogP) is 19.4. The van der Waals surface area contributed by atoms with E-state index in [0.717, 1.165) is 44.9 Å². The first-order chi connectivity index (χ1) is 39.8. The first kappa shape index (κ1) is 77.4. The van der Waals surface area contributed by atoms with E-state index >= 15 is 0 Å². The van der Waals surface area contributed by atoms with Crippen LogP contribution < -0.4 is 5.32 Å². The number of carbonyl (C=O) groups excluding carboxylic acids is 1. The van der Waals surface area contributed by atoms with Crippen LogP contribution >= 0.6 is 0 Å². The van der Waals surface area contributed by atoms with Gasteiger partial charge in [0.1, 0.15) is 24.4 Å². The Morgan fingerprint density at radius 3 is 1.06 bits per heavy atom. The highest BCUT2D eigenvalue weighted by molar-refractivity contribution is 5.76. The van der Waals surface area contributed by atoms with Crippen molar-refractivity contribution < 1.29 is 39.8 Å². The van der Waals surface area contributed by atoms with Gasteiger partial charge < -0.3 is 40.3 Å². The van der Waals surface area contributed by atoms with Crippen LogP contribution in [0.1, 0.15) is 361 Å². The lowest BCUT2D eigenvalue weighted by Crippen LogP contribution is -2.60. The summed E-state index contributed by atoms with van der Waals surface area (Å²) in [5, 5.41) is 54.7. The summed E-state index contributed by atoms with van der Waals surface area (Å²) in [5.41, 5.74) is 0. The number of carbonyl (C=O) groups is 1. The van der Waals surface area contributed by atoms with Gasteiger partial charge in [-0.1, -0.05) is 339 Å². The molecule has 0 aromatic carbocycles. The molecule has 81 heavy (non-hydrogen) atoms. The molecule has 1 rings (SSSR count). The van der Waals surface area contributed by atoms with Crippen molar-refractivity contribution in [2.75, 3.05) is 13.2 Å². The molecule has 1 amide bonds. The van der Waals surface area contributed by atoms with E-state index in [9.17, 15) is 30.3 Å². The van der Waals surface area contributed by atoms with E-state index in [1.165, 1.54) is 295 Å². The lowest BCUT2D eigenvalue weighted by atomic mass is 9.99. The molecule has 1 saturated heterocycles. The first-order valence-corrected chi connectivity index (χ1v) is 35.7. The van der Waals surface area contributed by atoms with Crippen molar-refractivity contribution in [3.8, 4) is 0 Å². The van der Waals surface area contributed by atoms with Crippen LogP contribution in [0.3, 0.4) is 0 Å². The number of ether oxygens (including phenoxy) is 2. The monoisotopic (exact) mass is 1140 g/mol. The molecular formula is C72H137NO8. The molecule has 1 heterocycles. The summed E-state index contributed by atoms with van der Waals surface area (Å²) in [4.78, 5) is 13.1. The van der Waals surface area contributed by atoms with E-state index < -0.39 is 49.5 Å². The number of rotatable bonds is 63. The van der Waals surface area contributed by atoms with E-state index in [1.54, 1.807) is 6.08 Å². The number of aliphatic hydroxyl groups excluding tert-OH is 5. The fourth-order valence-corrected chi connectivity index (χ4v) is 11.6. The summed E-state index contributed by atoms with van der Waals surface area (Å²) in [6.07, 6.45) is 75.5. The second kappa shape index (κ2) is 61.5. The lowest BCUT2D eigenvalue weighted by Gasteiger charge is -2.40. The minimum atomic E-state index is -1.57. The zero-order chi connectivity index (χ0) is 58.6. The molecule has 0 saturated carbocycles. The highest BCUT2D eigenvalue weighted by Gasteiger charge is 2.44. The Balaban J connectivity index is 2.08. The van der Waals surface area contributed by atoms with Gasteiger partial charge in [-0.2, -0.15) is 0 Å². The molecule has 0 aromatic rings. The van der Waals surface area contributed by atoms with Gasteiger partial charge in [0.2, 0.25) is 5.91 Å². The normalized spacial score (nSPS) is 18.5. The Bertz CT molecular complexity index is 1370. The van der Waals surface area contributed by atoms with Gasteiger partial charge in [0.25, 0.3) is 0 Å². The van der Waals surface area contributed by atoms with Gasteiger partial charge in [-0.25, -0.2) is 0 Å². The van der Waals surface area contributed by atoms with Crippen LogP contribution in [-0.2, 0) is 14.3 Å². The van der Waals surface area contributed by atoms with Crippen molar-refractivity contribution in [3.63, 3.8) is 0 Å². The zero-order valence-corrected chi connectivity index (χ0v) is 53.6. The molecule has 0 radical (unpaired) electrons. The van der Waals surface area contributed by atoms with E-state index in [2.05, 4.69) is 43.5 Å². The summed E-state index contributed by atoms with van der Waals surface area (Å²) in [7, 11) is 0. The summed E-state index contributed by atoms with van der Waals surface area (Å²) in [6.45, 7) is 3.83. The molecule has 7 atom stereocenters. The Morgan fingerprint density at radius 2 is 0.728 bits per heavy atom. The van der Waals surface area contributed by atoms with E-state index in [1.807, 2.05) is 6.08 Å². The average Bonchev–Trinajstić information content (AvgIpc) is 3.49. The number of amides is 1. The molecule has 6 N–H and O–H groups in total. The quantitative estimate of drug-likeness (QED) is 0.0261. The Morgan fingerprint density at radius 1 is 0.420 bits per heavy atom. The van der Waals surface area contributed by atoms with Gasteiger partial charge in [0.05, 0.1) is 25.4 Å². The molecule has 0 aromatic heterocycles.